The van der Waals surface area contributed by atoms with Gasteiger partial charge < -0.3 is 15.5 Å². The van der Waals surface area contributed by atoms with Gasteiger partial charge in [-0.25, -0.2) is 9.98 Å². The zero-order valence-electron chi connectivity index (χ0n) is 14.5. The summed E-state index contributed by atoms with van der Waals surface area (Å²) in [7, 11) is 3.47. The minimum Gasteiger partial charge on any atom is -0.356 e. The molecule has 1 heterocycles. The third-order valence-corrected chi connectivity index (χ3v) is 4.14. The fraction of sp³-hybridized carbons (Fsp3) is 0.667. The van der Waals surface area contributed by atoms with Gasteiger partial charge in [-0.1, -0.05) is 6.92 Å². The molecule has 1 rings (SSSR count). The van der Waals surface area contributed by atoms with Crippen LogP contribution in [-0.4, -0.2) is 55.0 Å². The second kappa shape index (κ2) is 11.6. The lowest BCUT2D eigenvalue weighted by atomic mass is 10.3. The molecule has 1 aromatic heterocycles. The Hall–Kier alpha value is -0.900. The number of nitrogens with zero attached hydrogens (tertiary/aromatic N) is 3. The zero-order chi connectivity index (χ0) is 16.5. The van der Waals surface area contributed by atoms with Gasteiger partial charge in [-0.2, -0.15) is 0 Å². The largest absolute Gasteiger partial charge is 0.356 e. The first kappa shape index (κ1) is 22.1. The first-order valence-electron chi connectivity index (χ1n) is 7.58. The summed E-state index contributed by atoms with van der Waals surface area (Å²) in [6.07, 6.45) is 3.73. The summed E-state index contributed by atoms with van der Waals surface area (Å²) < 4.78 is 0. The fourth-order valence-electron chi connectivity index (χ4n) is 1.58. The Balaban J connectivity index is 0.00000484. The number of hydrogen-bond donors (Lipinski definition) is 2. The van der Waals surface area contributed by atoms with Crippen molar-refractivity contribution in [3.05, 3.63) is 16.1 Å². The van der Waals surface area contributed by atoms with Crippen molar-refractivity contribution in [1.82, 2.24) is 20.5 Å². The smallest absolute Gasteiger partial charge is 0.243 e. The van der Waals surface area contributed by atoms with Gasteiger partial charge in [0.2, 0.25) is 5.91 Å². The van der Waals surface area contributed by atoms with Crippen LogP contribution in [-0.2, 0) is 11.2 Å². The van der Waals surface area contributed by atoms with E-state index in [1.165, 1.54) is 4.88 Å². The molecule has 8 heteroatoms. The first-order chi connectivity index (χ1) is 10.4. The van der Waals surface area contributed by atoms with E-state index in [-0.39, 0.29) is 36.4 Å². The van der Waals surface area contributed by atoms with E-state index in [4.69, 9.17) is 0 Å². The lowest BCUT2D eigenvalue weighted by Gasteiger charge is -2.17. The Kier molecular flexibility index (Phi) is 11.2. The van der Waals surface area contributed by atoms with E-state index in [0.29, 0.717) is 12.0 Å². The van der Waals surface area contributed by atoms with Gasteiger partial charge in [-0.3, -0.25) is 4.79 Å². The number of amides is 1. The molecule has 6 nitrogen and oxygen atoms in total. The molecule has 132 valence electrons. The maximum Gasteiger partial charge on any atom is 0.243 e. The van der Waals surface area contributed by atoms with Crippen LogP contribution in [0.15, 0.2) is 11.2 Å². The second-order valence-electron chi connectivity index (χ2n) is 5.45. The van der Waals surface area contributed by atoms with Crippen molar-refractivity contribution in [2.24, 2.45) is 4.99 Å². The molecule has 1 unspecified atom stereocenters. The number of guanidine groups is 1. The minimum absolute atomic E-state index is 0. The van der Waals surface area contributed by atoms with E-state index < -0.39 is 0 Å². The average molecular weight is 453 g/mol. The fourth-order valence-corrected chi connectivity index (χ4v) is 2.37. The van der Waals surface area contributed by atoms with Gasteiger partial charge in [0, 0.05) is 44.2 Å². The Labute approximate surface area is 160 Å². The van der Waals surface area contributed by atoms with Crippen LogP contribution in [0.2, 0.25) is 0 Å². The molecule has 1 atom stereocenters. The highest BCUT2D eigenvalue weighted by atomic mass is 127. The average Bonchev–Trinajstić information content (AvgIpc) is 2.89. The number of carbonyl (C=O) groups is 1. The molecule has 0 saturated carbocycles. The van der Waals surface area contributed by atoms with Crippen LogP contribution in [0.5, 0.6) is 0 Å². The maximum absolute atomic E-state index is 11.7. The molecule has 1 amide bonds. The topological polar surface area (TPSA) is 69.6 Å². The van der Waals surface area contributed by atoms with Crippen LogP contribution in [0.3, 0.4) is 0 Å². The normalized spacial score (nSPS) is 12.3. The molecule has 1 aromatic rings. The van der Waals surface area contributed by atoms with Gasteiger partial charge in [0.15, 0.2) is 5.96 Å². The molecular formula is C15H28IN5OS. The quantitative estimate of drug-likeness (QED) is 0.377. The Morgan fingerprint density at radius 3 is 2.70 bits per heavy atom. The van der Waals surface area contributed by atoms with E-state index in [9.17, 15) is 4.79 Å². The van der Waals surface area contributed by atoms with Crippen molar-refractivity contribution in [2.75, 3.05) is 27.2 Å². The van der Waals surface area contributed by atoms with Crippen molar-refractivity contribution in [2.45, 2.75) is 39.7 Å². The summed E-state index contributed by atoms with van der Waals surface area (Å²) in [5.41, 5.74) is 0. The van der Waals surface area contributed by atoms with Gasteiger partial charge in [0.1, 0.15) is 6.54 Å². The minimum atomic E-state index is -0.0131. The summed E-state index contributed by atoms with van der Waals surface area (Å²) >= 11 is 1.71. The standard InChI is InChI=1S/C15H27N5OS.HI/c1-6-11(2)19-15(18-10-14(21)20(4)5)16-8-7-13-17-9-12(3)22-13;/h9,11H,6-8,10H2,1-5H3,(H2,16,18,19);1H. The highest BCUT2D eigenvalue weighted by Crippen LogP contribution is 2.10. The Morgan fingerprint density at radius 2 is 2.17 bits per heavy atom. The Morgan fingerprint density at radius 1 is 1.48 bits per heavy atom. The number of hydrogen-bond acceptors (Lipinski definition) is 4. The third kappa shape index (κ3) is 9.09. The monoisotopic (exact) mass is 453 g/mol. The van der Waals surface area contributed by atoms with E-state index in [1.54, 1.807) is 30.3 Å². The lowest BCUT2D eigenvalue weighted by molar-refractivity contribution is -0.127. The van der Waals surface area contributed by atoms with Crippen LogP contribution < -0.4 is 10.6 Å². The number of carbonyl (C=O) groups excluding carboxylic acids is 1. The number of aromatic nitrogens is 1. The SMILES string of the molecule is CCC(C)NC(=NCC(=O)N(C)C)NCCc1ncc(C)s1.I. The summed E-state index contributed by atoms with van der Waals surface area (Å²) in [5, 5.41) is 7.68. The van der Waals surface area contributed by atoms with Gasteiger partial charge in [0.05, 0.1) is 5.01 Å². The highest BCUT2D eigenvalue weighted by molar-refractivity contribution is 14.0. The molecule has 0 saturated heterocycles. The number of thiazole rings is 1. The zero-order valence-corrected chi connectivity index (χ0v) is 17.7. The van der Waals surface area contributed by atoms with Gasteiger partial charge >= 0.3 is 0 Å². The number of halogens is 1. The molecule has 0 spiro atoms. The van der Waals surface area contributed by atoms with E-state index in [1.807, 2.05) is 6.20 Å². The van der Waals surface area contributed by atoms with Crippen molar-refractivity contribution in [3.63, 3.8) is 0 Å². The summed E-state index contributed by atoms with van der Waals surface area (Å²) in [4.78, 5) is 23.1. The second-order valence-corrected chi connectivity index (χ2v) is 6.77. The lowest BCUT2D eigenvalue weighted by Crippen LogP contribution is -2.43. The number of likely N-dealkylation sites (N-methyl/N-ethyl adjacent to an activating group) is 1. The number of aryl methyl sites for hydroxylation is 1. The molecule has 0 radical (unpaired) electrons. The van der Waals surface area contributed by atoms with Crippen molar-refractivity contribution >= 4 is 47.2 Å². The van der Waals surface area contributed by atoms with Gasteiger partial charge in [-0.05, 0) is 20.3 Å². The molecule has 0 aromatic carbocycles. The van der Waals surface area contributed by atoms with Crippen LogP contribution in [0, 0.1) is 6.92 Å². The van der Waals surface area contributed by atoms with Gasteiger partial charge in [0.25, 0.3) is 0 Å². The molecule has 0 aliphatic heterocycles. The third-order valence-electron chi connectivity index (χ3n) is 3.17. The summed E-state index contributed by atoms with van der Waals surface area (Å²) in [6.45, 7) is 7.15. The first-order valence-corrected chi connectivity index (χ1v) is 8.40. The molecule has 23 heavy (non-hydrogen) atoms. The van der Waals surface area contributed by atoms with E-state index in [2.05, 4.69) is 41.4 Å². The summed E-state index contributed by atoms with van der Waals surface area (Å²) in [6, 6.07) is 0.308. The Bertz CT molecular complexity index is 504. The van der Waals surface area contributed by atoms with Crippen molar-refractivity contribution in [3.8, 4) is 0 Å². The van der Waals surface area contributed by atoms with Crippen molar-refractivity contribution < 1.29 is 4.79 Å². The highest BCUT2D eigenvalue weighted by Gasteiger charge is 2.07. The van der Waals surface area contributed by atoms with Crippen molar-refractivity contribution in [1.29, 1.82) is 0 Å². The molecule has 0 aliphatic carbocycles. The predicted octanol–water partition coefficient (Wildman–Crippen LogP) is 2.03. The molecule has 0 fully saturated rings. The number of aliphatic imine (C=N–C) groups is 1. The molecule has 0 bridgehead atoms. The predicted molar refractivity (Wildman–Crippen MR) is 108 cm³/mol. The van der Waals surface area contributed by atoms with E-state index in [0.717, 1.165) is 24.4 Å². The molecule has 0 aliphatic rings. The van der Waals surface area contributed by atoms with Crippen LogP contribution in [0.4, 0.5) is 0 Å². The van der Waals surface area contributed by atoms with Crippen LogP contribution in [0.25, 0.3) is 0 Å². The van der Waals surface area contributed by atoms with Crippen LogP contribution >= 0.6 is 35.3 Å². The number of nitrogens with one attached hydrogen (secondary N) is 2. The van der Waals surface area contributed by atoms with Gasteiger partial charge in [-0.15, -0.1) is 35.3 Å². The summed E-state index contributed by atoms with van der Waals surface area (Å²) in [5.74, 6) is 0.665. The van der Waals surface area contributed by atoms with E-state index >= 15 is 0 Å². The molecular weight excluding hydrogens is 425 g/mol. The maximum atomic E-state index is 11.7. The van der Waals surface area contributed by atoms with Crippen LogP contribution in [0.1, 0.15) is 30.2 Å². The molecule has 2 N–H and O–H groups in total. The number of rotatable bonds is 7.